The number of aliphatic imine (C=N–C) groups is 1. The van der Waals surface area contributed by atoms with Crippen molar-refractivity contribution in [1.82, 2.24) is 14.9 Å². The van der Waals surface area contributed by atoms with Crippen LogP contribution in [0.3, 0.4) is 0 Å². The first-order chi connectivity index (χ1) is 19.0. The number of benzene rings is 4. The van der Waals surface area contributed by atoms with E-state index in [0.29, 0.717) is 0 Å². The molecular weight excluding hydrogens is 484 g/mol. The van der Waals surface area contributed by atoms with Gasteiger partial charge in [0.05, 0.1) is 29.0 Å². The van der Waals surface area contributed by atoms with Crippen LogP contribution in [0.4, 0.5) is 5.69 Å². The minimum absolute atomic E-state index is 0.266. The van der Waals surface area contributed by atoms with E-state index in [1.165, 1.54) is 5.56 Å². The second-order valence-electron chi connectivity index (χ2n) is 10.3. The lowest BCUT2D eigenvalue weighted by atomic mass is 10.00. The zero-order valence-electron chi connectivity index (χ0n) is 22.3. The maximum absolute atomic E-state index is 9.59. The molecule has 0 atom stereocenters. The van der Waals surface area contributed by atoms with Crippen molar-refractivity contribution in [2.75, 3.05) is 27.2 Å². The number of unbranched alkanes of at least 4 members (excludes halogenated alkanes) is 1. The molecule has 1 aliphatic rings. The number of fused-ring (bicyclic) bond motifs is 2. The van der Waals surface area contributed by atoms with Crippen molar-refractivity contribution in [2.24, 2.45) is 4.99 Å². The fourth-order valence-corrected chi connectivity index (χ4v) is 4.94. The second kappa shape index (κ2) is 10.8. The summed E-state index contributed by atoms with van der Waals surface area (Å²) in [5, 5.41) is 9.59. The zero-order chi connectivity index (χ0) is 26.8. The first-order valence-corrected chi connectivity index (χ1v) is 13.4. The van der Waals surface area contributed by atoms with Gasteiger partial charge in [0.15, 0.2) is 0 Å². The van der Waals surface area contributed by atoms with Crippen LogP contribution in [-0.2, 0) is 6.42 Å². The van der Waals surface area contributed by atoms with E-state index in [0.717, 1.165) is 88.7 Å². The van der Waals surface area contributed by atoms with E-state index in [4.69, 9.17) is 14.7 Å². The third kappa shape index (κ3) is 5.56. The Kier molecular flexibility index (Phi) is 6.86. The van der Waals surface area contributed by atoms with E-state index in [2.05, 4.69) is 72.5 Å². The third-order valence-electron chi connectivity index (χ3n) is 7.11. The molecule has 6 rings (SSSR count). The zero-order valence-corrected chi connectivity index (χ0v) is 22.3. The van der Waals surface area contributed by atoms with Gasteiger partial charge in [-0.05, 0) is 122 Å². The second-order valence-corrected chi connectivity index (χ2v) is 10.3. The summed E-state index contributed by atoms with van der Waals surface area (Å²) in [5.41, 5.74) is 9.48. The number of aromatic amines is 1. The van der Waals surface area contributed by atoms with E-state index in [9.17, 15) is 5.11 Å². The van der Waals surface area contributed by atoms with Crippen LogP contribution in [0.1, 0.15) is 24.0 Å². The highest BCUT2D eigenvalue weighted by atomic mass is 16.5. The number of nitrogens with zero attached hydrogens (tertiary/aromatic N) is 3. The molecule has 2 heterocycles. The Hall–Kier alpha value is -4.42. The molecule has 39 heavy (non-hydrogen) atoms. The lowest BCUT2D eigenvalue weighted by Crippen LogP contribution is -2.13. The van der Waals surface area contributed by atoms with E-state index >= 15 is 0 Å². The van der Waals surface area contributed by atoms with Crippen LogP contribution < -0.4 is 4.74 Å². The molecule has 4 aromatic carbocycles. The molecule has 196 valence electrons. The molecule has 0 saturated carbocycles. The van der Waals surface area contributed by atoms with Gasteiger partial charge in [0.2, 0.25) is 0 Å². The molecule has 0 fully saturated rings. The molecule has 2 N–H and O–H groups in total. The van der Waals surface area contributed by atoms with Crippen molar-refractivity contribution in [3.63, 3.8) is 0 Å². The summed E-state index contributed by atoms with van der Waals surface area (Å²) in [7, 11) is 4.19. The van der Waals surface area contributed by atoms with Gasteiger partial charge in [-0.3, -0.25) is 4.99 Å². The van der Waals surface area contributed by atoms with Crippen molar-refractivity contribution in [2.45, 2.75) is 19.3 Å². The van der Waals surface area contributed by atoms with Crippen LogP contribution in [0.15, 0.2) is 89.9 Å². The van der Waals surface area contributed by atoms with Gasteiger partial charge < -0.3 is 19.7 Å². The first kappa shape index (κ1) is 24.9. The Labute approximate surface area is 228 Å². The van der Waals surface area contributed by atoms with Crippen LogP contribution in [0.2, 0.25) is 0 Å². The predicted molar refractivity (Wildman–Crippen MR) is 158 cm³/mol. The van der Waals surface area contributed by atoms with Gasteiger partial charge in [-0.1, -0.05) is 18.2 Å². The number of hydrogen-bond acceptors (Lipinski definition) is 5. The Morgan fingerprint density at radius 1 is 0.821 bits per heavy atom. The number of ether oxygens (including phenoxy) is 1. The smallest absolute Gasteiger partial charge is 0.138 e. The maximum Gasteiger partial charge on any atom is 0.138 e. The summed E-state index contributed by atoms with van der Waals surface area (Å²) in [6.45, 7) is 1.81. The monoisotopic (exact) mass is 516 g/mol. The molecule has 0 radical (unpaired) electrons. The standard InChI is InChI=1S/C33H32N4O2/c1-37(2)17-3-4-18-39-28-14-9-23(10-15-28)33-35-29-16-11-25(20-32(29)36-33)24-5-6-26-21-30(34-31(26)19-24)22-7-12-27(38)13-8-22/h5-16,19-20,38H,3-4,17-18,21H2,1-2H3,(H,35,36). The van der Waals surface area contributed by atoms with E-state index < -0.39 is 0 Å². The summed E-state index contributed by atoms with van der Waals surface area (Å²) in [6, 6.07) is 28.2. The van der Waals surface area contributed by atoms with Gasteiger partial charge in [-0.2, -0.15) is 0 Å². The van der Waals surface area contributed by atoms with Crippen molar-refractivity contribution >= 4 is 22.4 Å². The molecule has 5 aromatic rings. The van der Waals surface area contributed by atoms with Crippen LogP contribution in [-0.4, -0.2) is 52.9 Å². The van der Waals surface area contributed by atoms with E-state index in [1.807, 2.05) is 24.3 Å². The fourth-order valence-electron chi connectivity index (χ4n) is 4.94. The highest BCUT2D eigenvalue weighted by molar-refractivity contribution is 6.06. The molecule has 0 aliphatic carbocycles. The van der Waals surface area contributed by atoms with Crippen molar-refractivity contribution < 1.29 is 9.84 Å². The minimum Gasteiger partial charge on any atom is -0.508 e. The van der Waals surface area contributed by atoms with Crippen molar-refractivity contribution in [3.05, 3.63) is 96.1 Å². The largest absolute Gasteiger partial charge is 0.508 e. The van der Waals surface area contributed by atoms with E-state index in [-0.39, 0.29) is 5.75 Å². The molecule has 0 bridgehead atoms. The summed E-state index contributed by atoms with van der Waals surface area (Å²) in [5.74, 6) is 1.99. The number of aromatic nitrogens is 2. The molecule has 1 aromatic heterocycles. The topological polar surface area (TPSA) is 73.7 Å². The number of rotatable bonds is 9. The van der Waals surface area contributed by atoms with E-state index in [1.54, 1.807) is 12.1 Å². The van der Waals surface area contributed by atoms with Gasteiger partial charge in [0.1, 0.15) is 17.3 Å². The molecule has 6 heteroatoms. The summed E-state index contributed by atoms with van der Waals surface area (Å²) >= 11 is 0. The van der Waals surface area contributed by atoms with Crippen LogP contribution in [0.25, 0.3) is 33.5 Å². The van der Waals surface area contributed by atoms with Gasteiger partial charge in [0, 0.05) is 12.0 Å². The van der Waals surface area contributed by atoms with Gasteiger partial charge >= 0.3 is 0 Å². The molecule has 1 aliphatic heterocycles. The SMILES string of the molecule is CN(C)CCCCOc1ccc(-c2nc3ccc(-c4ccc5c(c4)N=C(c4ccc(O)cc4)C5)cc3[nH]2)cc1. The Morgan fingerprint density at radius 2 is 1.54 bits per heavy atom. The first-order valence-electron chi connectivity index (χ1n) is 13.4. The number of nitrogens with one attached hydrogen (secondary N) is 1. The predicted octanol–water partition coefficient (Wildman–Crippen LogP) is 7.00. The molecule has 0 amide bonds. The van der Waals surface area contributed by atoms with Crippen molar-refractivity contribution in [1.29, 1.82) is 0 Å². The van der Waals surface area contributed by atoms with Gasteiger partial charge in [-0.15, -0.1) is 0 Å². The molecule has 0 saturated heterocycles. The number of aromatic hydroxyl groups is 1. The normalized spacial score (nSPS) is 12.6. The summed E-state index contributed by atoms with van der Waals surface area (Å²) in [6.07, 6.45) is 2.97. The molecule has 0 spiro atoms. The van der Waals surface area contributed by atoms with Crippen LogP contribution in [0.5, 0.6) is 11.5 Å². The highest BCUT2D eigenvalue weighted by Crippen LogP contribution is 2.34. The average molecular weight is 517 g/mol. The van der Waals surface area contributed by atoms with Crippen LogP contribution >= 0.6 is 0 Å². The average Bonchev–Trinajstić information content (AvgIpc) is 3.57. The fraction of sp³-hybridized carbons (Fsp3) is 0.212. The Morgan fingerprint density at radius 3 is 2.33 bits per heavy atom. The van der Waals surface area contributed by atoms with Gasteiger partial charge in [0.25, 0.3) is 0 Å². The molecule has 0 unspecified atom stereocenters. The Bertz CT molecular complexity index is 1630. The number of phenols is 1. The Balaban J connectivity index is 1.17. The highest BCUT2D eigenvalue weighted by Gasteiger charge is 2.17. The molecule has 6 nitrogen and oxygen atoms in total. The third-order valence-corrected chi connectivity index (χ3v) is 7.11. The van der Waals surface area contributed by atoms with Gasteiger partial charge in [-0.25, -0.2) is 4.98 Å². The quantitative estimate of drug-likeness (QED) is 0.207. The lowest BCUT2D eigenvalue weighted by Gasteiger charge is -2.10. The minimum atomic E-state index is 0.266. The molecular formula is C33H32N4O2. The number of phenolic OH excluding ortho intramolecular Hbond substituents is 1. The maximum atomic E-state index is 9.59. The van der Waals surface area contributed by atoms with Crippen molar-refractivity contribution in [3.8, 4) is 34.0 Å². The number of hydrogen-bond donors (Lipinski definition) is 2. The number of H-pyrrole nitrogens is 1. The summed E-state index contributed by atoms with van der Waals surface area (Å²) < 4.78 is 5.90. The van der Waals surface area contributed by atoms with Crippen LogP contribution in [0, 0.1) is 0 Å². The summed E-state index contributed by atoms with van der Waals surface area (Å²) in [4.78, 5) is 15.4. The number of imidazole rings is 1. The lowest BCUT2D eigenvalue weighted by molar-refractivity contribution is 0.293.